The molecule has 1 atom stereocenters. The van der Waals surface area contributed by atoms with Crippen molar-refractivity contribution >= 4 is 5.78 Å². The van der Waals surface area contributed by atoms with Gasteiger partial charge < -0.3 is 0 Å². The normalized spacial score (nSPS) is 18.2. The maximum absolute atomic E-state index is 13.8. The molecule has 2 aromatic rings. The van der Waals surface area contributed by atoms with E-state index >= 15 is 0 Å². The van der Waals surface area contributed by atoms with Crippen LogP contribution in [0.1, 0.15) is 39.5 Å². The number of nitrogens with zero attached hydrogens (tertiary/aromatic N) is 1. The van der Waals surface area contributed by atoms with E-state index in [1.165, 1.54) is 6.07 Å². The molecule has 1 aliphatic rings. The van der Waals surface area contributed by atoms with Crippen molar-refractivity contribution in [3.05, 3.63) is 64.7 Å². The maximum atomic E-state index is 13.8. The first kappa shape index (κ1) is 12.0. The number of aryl methyl sites for hydroxylation is 1. The molecule has 0 spiro atoms. The molecule has 0 saturated heterocycles. The summed E-state index contributed by atoms with van der Waals surface area (Å²) in [5.41, 5.74) is 3.10. The lowest BCUT2D eigenvalue weighted by atomic mass is 9.80. The van der Waals surface area contributed by atoms with Crippen LogP contribution in [0.5, 0.6) is 0 Å². The zero-order valence-corrected chi connectivity index (χ0v) is 10.7. The number of pyridine rings is 1. The van der Waals surface area contributed by atoms with Gasteiger partial charge in [-0.2, -0.15) is 0 Å². The van der Waals surface area contributed by atoms with Crippen molar-refractivity contribution in [1.29, 1.82) is 0 Å². The molecule has 0 fully saturated rings. The van der Waals surface area contributed by atoms with Gasteiger partial charge in [0.05, 0.1) is 5.69 Å². The highest BCUT2D eigenvalue weighted by Gasteiger charge is 2.29. The van der Waals surface area contributed by atoms with E-state index in [0.29, 0.717) is 18.4 Å². The summed E-state index contributed by atoms with van der Waals surface area (Å²) in [6, 6.07) is 8.52. The van der Waals surface area contributed by atoms with Gasteiger partial charge in [-0.15, -0.1) is 0 Å². The van der Waals surface area contributed by atoms with Crippen molar-refractivity contribution in [2.75, 3.05) is 0 Å². The molecule has 3 heteroatoms. The van der Waals surface area contributed by atoms with Crippen LogP contribution >= 0.6 is 0 Å². The lowest BCUT2D eigenvalue weighted by Gasteiger charge is -2.24. The Morgan fingerprint density at radius 3 is 2.79 bits per heavy atom. The Bertz CT molecular complexity index is 651. The van der Waals surface area contributed by atoms with E-state index in [4.69, 9.17) is 0 Å². The minimum Gasteiger partial charge on any atom is -0.294 e. The van der Waals surface area contributed by atoms with Crippen molar-refractivity contribution in [2.45, 2.75) is 25.7 Å². The average Bonchev–Trinajstić information content (AvgIpc) is 2.39. The third-order valence-electron chi connectivity index (χ3n) is 3.73. The molecule has 0 saturated carbocycles. The summed E-state index contributed by atoms with van der Waals surface area (Å²) in [5, 5.41) is 0. The quantitative estimate of drug-likeness (QED) is 0.781. The molecule has 0 radical (unpaired) electrons. The smallest absolute Gasteiger partial charge is 0.165 e. The van der Waals surface area contributed by atoms with E-state index in [0.717, 1.165) is 16.8 Å². The average molecular weight is 255 g/mol. The monoisotopic (exact) mass is 255 g/mol. The van der Waals surface area contributed by atoms with Gasteiger partial charge in [-0.25, -0.2) is 4.39 Å². The molecular formula is C16H14FNO. The van der Waals surface area contributed by atoms with Crippen LogP contribution in [0.25, 0.3) is 0 Å². The second-order valence-electron chi connectivity index (χ2n) is 5.00. The number of carbonyl (C=O) groups is 1. The number of hydrogen-bond acceptors (Lipinski definition) is 2. The first-order valence-electron chi connectivity index (χ1n) is 6.39. The van der Waals surface area contributed by atoms with Crippen molar-refractivity contribution < 1.29 is 9.18 Å². The minimum absolute atomic E-state index is 0.0695. The molecule has 1 aromatic heterocycles. The Balaban J connectivity index is 2.03. The molecule has 96 valence electrons. The molecule has 1 aliphatic carbocycles. The number of ketones is 1. The molecule has 0 N–H and O–H groups in total. The van der Waals surface area contributed by atoms with Gasteiger partial charge in [0, 0.05) is 18.2 Å². The largest absolute Gasteiger partial charge is 0.294 e. The van der Waals surface area contributed by atoms with E-state index in [1.807, 2.05) is 19.1 Å². The van der Waals surface area contributed by atoms with Gasteiger partial charge in [0.25, 0.3) is 0 Å². The second kappa shape index (κ2) is 4.57. The lowest BCUT2D eigenvalue weighted by molar-refractivity contribution is 0.0962. The summed E-state index contributed by atoms with van der Waals surface area (Å²) in [6.07, 6.45) is 2.70. The molecule has 1 heterocycles. The third kappa shape index (κ3) is 2.05. The van der Waals surface area contributed by atoms with E-state index in [2.05, 4.69) is 4.98 Å². The number of carbonyl (C=O) groups excluding carboxylic acids is 1. The zero-order chi connectivity index (χ0) is 13.4. The van der Waals surface area contributed by atoms with Crippen LogP contribution in [0.2, 0.25) is 0 Å². The topological polar surface area (TPSA) is 30.0 Å². The van der Waals surface area contributed by atoms with E-state index in [-0.39, 0.29) is 17.5 Å². The Hall–Kier alpha value is -2.03. The number of benzene rings is 1. The van der Waals surface area contributed by atoms with Crippen LogP contribution in [0.15, 0.2) is 36.5 Å². The van der Waals surface area contributed by atoms with Gasteiger partial charge in [0.1, 0.15) is 5.82 Å². The number of Topliss-reactive ketones (excluding diaryl/α,β-unsaturated/α-hetero) is 1. The Labute approximate surface area is 111 Å². The van der Waals surface area contributed by atoms with Crippen LogP contribution in [0.4, 0.5) is 4.39 Å². The highest BCUT2D eigenvalue weighted by Crippen LogP contribution is 2.33. The predicted molar refractivity (Wildman–Crippen MR) is 70.8 cm³/mol. The second-order valence-corrected chi connectivity index (χ2v) is 5.00. The summed E-state index contributed by atoms with van der Waals surface area (Å²) < 4.78 is 13.8. The van der Waals surface area contributed by atoms with Crippen LogP contribution in [-0.2, 0) is 6.42 Å². The molecule has 3 rings (SSSR count). The van der Waals surface area contributed by atoms with E-state index in [9.17, 15) is 9.18 Å². The molecule has 0 bridgehead atoms. The van der Waals surface area contributed by atoms with Crippen LogP contribution in [-0.4, -0.2) is 10.8 Å². The van der Waals surface area contributed by atoms with Gasteiger partial charge in [-0.05, 0) is 42.5 Å². The molecule has 0 aliphatic heterocycles. The van der Waals surface area contributed by atoms with Gasteiger partial charge in [0.15, 0.2) is 5.78 Å². The van der Waals surface area contributed by atoms with E-state index in [1.54, 1.807) is 18.3 Å². The molecular weight excluding hydrogens is 241 g/mol. The van der Waals surface area contributed by atoms with Crippen LogP contribution in [0.3, 0.4) is 0 Å². The molecule has 19 heavy (non-hydrogen) atoms. The number of halogens is 1. The maximum Gasteiger partial charge on any atom is 0.165 e. The Morgan fingerprint density at radius 1 is 1.21 bits per heavy atom. The predicted octanol–water partition coefficient (Wildman–Crippen LogP) is 3.44. The molecule has 1 aromatic carbocycles. The highest BCUT2D eigenvalue weighted by atomic mass is 19.1. The summed E-state index contributed by atoms with van der Waals surface area (Å²) >= 11 is 0. The summed E-state index contributed by atoms with van der Waals surface area (Å²) in [4.78, 5) is 16.5. The van der Waals surface area contributed by atoms with Gasteiger partial charge in [-0.3, -0.25) is 9.78 Å². The fraction of sp³-hybridized carbons (Fsp3) is 0.250. The van der Waals surface area contributed by atoms with Crippen molar-refractivity contribution in [2.24, 2.45) is 0 Å². The Kier molecular flexibility index (Phi) is 2.90. The molecule has 2 nitrogen and oxygen atoms in total. The SMILES string of the molecule is Cc1ccnc2c1C(=O)C[C@H](c1ccccc1F)C2. The van der Waals surface area contributed by atoms with Crippen LogP contribution < -0.4 is 0 Å². The first-order valence-corrected chi connectivity index (χ1v) is 6.39. The number of fused-ring (bicyclic) bond motifs is 1. The van der Waals surface area contributed by atoms with Gasteiger partial charge >= 0.3 is 0 Å². The van der Waals surface area contributed by atoms with Gasteiger partial charge in [-0.1, -0.05) is 18.2 Å². The highest BCUT2D eigenvalue weighted by molar-refractivity contribution is 6.00. The van der Waals surface area contributed by atoms with Crippen molar-refractivity contribution in [1.82, 2.24) is 4.98 Å². The minimum atomic E-state index is -0.239. The van der Waals surface area contributed by atoms with Gasteiger partial charge in [0.2, 0.25) is 0 Å². The molecule has 0 unspecified atom stereocenters. The summed E-state index contributed by atoms with van der Waals surface area (Å²) in [5.74, 6) is -0.271. The van der Waals surface area contributed by atoms with E-state index < -0.39 is 0 Å². The van der Waals surface area contributed by atoms with Crippen molar-refractivity contribution in [3.8, 4) is 0 Å². The number of aromatic nitrogens is 1. The standard InChI is InChI=1S/C16H14FNO/c1-10-6-7-18-14-8-11(9-15(19)16(10)14)12-4-2-3-5-13(12)17/h2-7,11H,8-9H2,1H3/t11-/m1/s1. The summed E-state index contributed by atoms with van der Waals surface area (Å²) in [6.45, 7) is 1.92. The third-order valence-corrected chi connectivity index (χ3v) is 3.73. The van der Waals surface area contributed by atoms with Crippen LogP contribution in [0, 0.1) is 12.7 Å². The fourth-order valence-electron chi connectivity index (χ4n) is 2.81. The summed E-state index contributed by atoms with van der Waals surface area (Å²) in [7, 11) is 0. The zero-order valence-electron chi connectivity index (χ0n) is 10.7. The Morgan fingerprint density at radius 2 is 2.00 bits per heavy atom. The fourth-order valence-corrected chi connectivity index (χ4v) is 2.81. The van der Waals surface area contributed by atoms with Crippen molar-refractivity contribution in [3.63, 3.8) is 0 Å². The lowest BCUT2D eigenvalue weighted by Crippen LogP contribution is -2.21. The molecule has 0 amide bonds. The first-order chi connectivity index (χ1) is 9.16. The number of hydrogen-bond donors (Lipinski definition) is 0. The number of rotatable bonds is 1.